The molecule has 0 saturated carbocycles. The van der Waals surface area contributed by atoms with E-state index in [1.165, 1.54) is 0 Å². The third kappa shape index (κ3) is 2.21. The van der Waals surface area contributed by atoms with Crippen LogP contribution >= 0.6 is 0 Å². The normalized spacial score (nSPS) is 11.7. The second-order valence-electron chi connectivity index (χ2n) is 4.10. The molecular weight excluding hydrogens is 240 g/mol. The van der Waals surface area contributed by atoms with Crippen LogP contribution < -0.4 is 5.48 Å². The minimum Gasteiger partial charge on any atom is -0.356 e. The highest BCUT2D eigenvalue weighted by Crippen LogP contribution is 2.22. The van der Waals surface area contributed by atoms with E-state index < -0.39 is 0 Å². The zero-order chi connectivity index (χ0) is 13.1. The third-order valence-corrected chi connectivity index (χ3v) is 2.89. The van der Waals surface area contributed by atoms with Crippen molar-refractivity contribution in [2.75, 3.05) is 0 Å². The van der Waals surface area contributed by atoms with Gasteiger partial charge in [0.1, 0.15) is 5.69 Å². The second-order valence-corrected chi connectivity index (χ2v) is 4.10. The average molecular weight is 252 g/mol. The summed E-state index contributed by atoms with van der Waals surface area (Å²) in [5.41, 5.74) is 5.04. The molecule has 0 unspecified atom stereocenters. The molecule has 0 bridgehead atoms. The quantitative estimate of drug-likeness (QED) is 0.702. The van der Waals surface area contributed by atoms with Crippen LogP contribution in [0.2, 0.25) is 0 Å². The van der Waals surface area contributed by atoms with Gasteiger partial charge < -0.3 is 4.52 Å². The van der Waals surface area contributed by atoms with Gasteiger partial charge in [-0.15, -0.1) is 0 Å². The Hall–Kier alpha value is -2.59. The summed E-state index contributed by atoms with van der Waals surface area (Å²) in [6.07, 6.45) is 1.75. The number of hydroxylamine groups is 1. The number of hydrogen-bond donors (Lipinski definition) is 2. The van der Waals surface area contributed by atoms with E-state index >= 15 is 0 Å². The summed E-state index contributed by atoms with van der Waals surface area (Å²) in [6.45, 7) is 0. The summed E-state index contributed by atoms with van der Waals surface area (Å²) in [5, 5.41) is 14.2. The summed E-state index contributed by atoms with van der Waals surface area (Å²) in [5.74, 6) is 0. The maximum atomic E-state index is 9.27. The van der Waals surface area contributed by atoms with Crippen LogP contribution in [0.5, 0.6) is 0 Å². The van der Waals surface area contributed by atoms with Gasteiger partial charge in [0.05, 0.1) is 5.70 Å². The van der Waals surface area contributed by atoms with Gasteiger partial charge in [0.2, 0.25) is 0 Å². The Morgan fingerprint density at radius 3 is 2.58 bits per heavy atom. The maximum Gasteiger partial charge on any atom is 0.167 e. The van der Waals surface area contributed by atoms with Crippen LogP contribution in [0.1, 0.15) is 11.3 Å². The molecule has 1 aromatic heterocycles. The number of para-hydroxylation sites is 1. The molecule has 19 heavy (non-hydrogen) atoms. The molecule has 0 aliphatic heterocycles. The van der Waals surface area contributed by atoms with Crippen molar-refractivity contribution in [1.82, 2.24) is 10.6 Å². The zero-order valence-electron chi connectivity index (χ0n) is 10.1. The predicted octanol–water partition coefficient (Wildman–Crippen LogP) is 3.30. The van der Waals surface area contributed by atoms with Gasteiger partial charge in [0.25, 0.3) is 0 Å². The number of aromatic nitrogens is 1. The van der Waals surface area contributed by atoms with Gasteiger partial charge in [0.15, 0.2) is 5.58 Å². The van der Waals surface area contributed by atoms with Gasteiger partial charge in [-0.3, -0.25) is 10.7 Å². The molecule has 0 spiro atoms. The largest absolute Gasteiger partial charge is 0.356 e. The van der Waals surface area contributed by atoms with Crippen molar-refractivity contribution in [2.45, 2.75) is 0 Å². The Morgan fingerprint density at radius 1 is 1.05 bits per heavy atom. The topological polar surface area (TPSA) is 58.3 Å². The van der Waals surface area contributed by atoms with E-state index in [9.17, 15) is 5.21 Å². The minimum atomic E-state index is 0.569. The molecule has 0 saturated heterocycles. The fourth-order valence-electron chi connectivity index (χ4n) is 1.94. The van der Waals surface area contributed by atoms with Gasteiger partial charge in [-0.25, -0.2) is 0 Å². The first kappa shape index (κ1) is 11.5. The van der Waals surface area contributed by atoms with Crippen LogP contribution in [0, 0.1) is 0 Å². The molecule has 0 amide bonds. The number of hydrogen-bond acceptors (Lipinski definition) is 4. The van der Waals surface area contributed by atoms with Crippen molar-refractivity contribution >= 4 is 22.7 Å². The molecule has 1 heterocycles. The molecule has 0 atom stereocenters. The van der Waals surface area contributed by atoms with Gasteiger partial charge in [-0.2, -0.15) is 0 Å². The van der Waals surface area contributed by atoms with Crippen molar-refractivity contribution in [1.29, 1.82) is 0 Å². The Kier molecular flexibility index (Phi) is 3.00. The number of fused-ring (bicyclic) bond motifs is 1. The first-order valence-corrected chi connectivity index (χ1v) is 5.90. The number of rotatable bonds is 3. The van der Waals surface area contributed by atoms with E-state index in [-0.39, 0.29) is 0 Å². The molecule has 0 aliphatic rings. The molecule has 2 N–H and O–H groups in total. The number of nitrogens with one attached hydrogen (secondary N) is 1. The Bertz CT molecular complexity index is 717. The summed E-state index contributed by atoms with van der Waals surface area (Å²) in [4.78, 5) is 0. The lowest BCUT2D eigenvalue weighted by atomic mass is 10.1. The van der Waals surface area contributed by atoms with Crippen LogP contribution in [0.15, 0.2) is 59.1 Å². The molecule has 2 aromatic carbocycles. The molecule has 0 aliphatic carbocycles. The molecule has 0 radical (unpaired) electrons. The van der Waals surface area contributed by atoms with E-state index in [2.05, 4.69) is 10.6 Å². The zero-order valence-corrected chi connectivity index (χ0v) is 10.1. The lowest BCUT2D eigenvalue weighted by Gasteiger charge is -2.04. The fraction of sp³-hybridized carbons (Fsp3) is 0. The average Bonchev–Trinajstić information content (AvgIpc) is 2.89. The summed E-state index contributed by atoms with van der Waals surface area (Å²) in [6, 6.07) is 17.1. The van der Waals surface area contributed by atoms with E-state index in [0.29, 0.717) is 11.4 Å². The van der Waals surface area contributed by atoms with E-state index in [1.54, 1.807) is 6.08 Å². The van der Waals surface area contributed by atoms with E-state index in [1.807, 2.05) is 54.6 Å². The van der Waals surface area contributed by atoms with Crippen molar-refractivity contribution in [2.24, 2.45) is 0 Å². The summed E-state index contributed by atoms with van der Waals surface area (Å²) in [7, 11) is 0. The third-order valence-electron chi connectivity index (χ3n) is 2.89. The first-order chi connectivity index (χ1) is 9.38. The minimum absolute atomic E-state index is 0.569. The molecule has 3 rings (SSSR count). The lowest BCUT2D eigenvalue weighted by molar-refractivity contribution is 0.225. The van der Waals surface area contributed by atoms with E-state index in [0.717, 1.165) is 16.5 Å². The standard InChI is InChI=1S/C15H12N2O2/c18-16-13(11-6-2-1-3-7-11)10-14-12-8-4-5-9-15(12)19-17-14/h1-10,16,18H/b13-10-. The van der Waals surface area contributed by atoms with Crippen LogP contribution in [-0.4, -0.2) is 10.4 Å². The molecule has 94 valence electrons. The van der Waals surface area contributed by atoms with Gasteiger partial charge >= 0.3 is 0 Å². The predicted molar refractivity (Wildman–Crippen MR) is 73.2 cm³/mol. The first-order valence-electron chi connectivity index (χ1n) is 5.90. The Labute approximate surface area is 109 Å². The fourth-order valence-corrected chi connectivity index (χ4v) is 1.94. The van der Waals surface area contributed by atoms with Gasteiger partial charge in [-0.05, 0) is 23.8 Å². The van der Waals surface area contributed by atoms with Crippen molar-refractivity contribution in [3.63, 3.8) is 0 Å². The van der Waals surface area contributed by atoms with Crippen molar-refractivity contribution in [3.05, 3.63) is 65.9 Å². The monoisotopic (exact) mass is 252 g/mol. The summed E-state index contributed by atoms with van der Waals surface area (Å²) < 4.78 is 5.23. The van der Waals surface area contributed by atoms with Crippen molar-refractivity contribution in [3.8, 4) is 0 Å². The van der Waals surface area contributed by atoms with Gasteiger partial charge in [0, 0.05) is 5.39 Å². The van der Waals surface area contributed by atoms with Crippen LogP contribution in [0.25, 0.3) is 22.7 Å². The number of benzene rings is 2. The van der Waals surface area contributed by atoms with Crippen molar-refractivity contribution < 1.29 is 9.73 Å². The highest BCUT2D eigenvalue weighted by molar-refractivity contribution is 5.90. The smallest absolute Gasteiger partial charge is 0.167 e. The highest BCUT2D eigenvalue weighted by Gasteiger charge is 2.07. The van der Waals surface area contributed by atoms with E-state index in [4.69, 9.17) is 4.52 Å². The molecule has 3 aromatic rings. The molecule has 4 heteroatoms. The maximum absolute atomic E-state index is 9.27. The SMILES string of the molecule is ON/C(=C\c1noc2ccccc12)c1ccccc1. The highest BCUT2D eigenvalue weighted by atomic mass is 16.5. The molecular formula is C15H12N2O2. The number of nitrogens with zero attached hydrogens (tertiary/aromatic N) is 1. The van der Waals surface area contributed by atoms with Crippen LogP contribution in [0.4, 0.5) is 0 Å². The lowest BCUT2D eigenvalue weighted by Crippen LogP contribution is -2.05. The van der Waals surface area contributed by atoms with Gasteiger partial charge in [-0.1, -0.05) is 47.6 Å². The molecule has 0 fully saturated rings. The molecule has 4 nitrogen and oxygen atoms in total. The summed E-state index contributed by atoms with van der Waals surface area (Å²) >= 11 is 0. The van der Waals surface area contributed by atoms with Crippen LogP contribution in [0.3, 0.4) is 0 Å². The van der Waals surface area contributed by atoms with Crippen LogP contribution in [-0.2, 0) is 0 Å². The second kappa shape index (κ2) is 4.96. The Balaban J connectivity index is 2.08. The Morgan fingerprint density at radius 2 is 1.79 bits per heavy atom.